The maximum atomic E-state index is 11.9. The van der Waals surface area contributed by atoms with Crippen molar-refractivity contribution < 1.29 is 4.79 Å². The number of amides is 1. The third-order valence-electron chi connectivity index (χ3n) is 4.34. The van der Waals surface area contributed by atoms with Gasteiger partial charge in [-0.3, -0.25) is 9.69 Å². The zero-order valence-electron chi connectivity index (χ0n) is 13.5. The standard InChI is InChI=1S/C17H23N5O/c1-14-4-2-3-9-21(14)10-15-5-7-16(8-6-15)20-17(23)11-22-13-18-12-19-22/h5-8,12-14H,2-4,9-11H2,1H3,(H,20,23)/t14-/m0/s1. The molecule has 1 aromatic heterocycles. The van der Waals surface area contributed by atoms with Gasteiger partial charge in [-0.2, -0.15) is 5.10 Å². The summed E-state index contributed by atoms with van der Waals surface area (Å²) in [5, 5.41) is 6.80. The molecule has 0 saturated carbocycles. The van der Waals surface area contributed by atoms with E-state index in [4.69, 9.17) is 0 Å². The Kier molecular flexibility index (Phi) is 5.02. The summed E-state index contributed by atoms with van der Waals surface area (Å²) in [6, 6.07) is 8.76. The molecule has 2 aromatic rings. The van der Waals surface area contributed by atoms with Crippen LogP contribution in [0, 0.1) is 0 Å². The molecule has 0 radical (unpaired) electrons. The summed E-state index contributed by atoms with van der Waals surface area (Å²) in [7, 11) is 0. The SMILES string of the molecule is C[C@H]1CCCCN1Cc1ccc(NC(=O)Cn2cncn2)cc1. The molecule has 1 aliphatic rings. The van der Waals surface area contributed by atoms with Crippen LogP contribution in [0.2, 0.25) is 0 Å². The Labute approximate surface area is 136 Å². The molecular weight excluding hydrogens is 290 g/mol. The van der Waals surface area contributed by atoms with Crippen molar-refractivity contribution in [1.82, 2.24) is 19.7 Å². The molecule has 0 aliphatic carbocycles. The van der Waals surface area contributed by atoms with Gasteiger partial charge in [0.15, 0.2) is 0 Å². The summed E-state index contributed by atoms with van der Waals surface area (Å²) < 4.78 is 1.50. The van der Waals surface area contributed by atoms with E-state index in [1.807, 2.05) is 12.1 Å². The van der Waals surface area contributed by atoms with Crippen LogP contribution in [0.1, 0.15) is 31.7 Å². The number of rotatable bonds is 5. The quantitative estimate of drug-likeness (QED) is 0.920. The molecule has 23 heavy (non-hydrogen) atoms. The second-order valence-electron chi connectivity index (χ2n) is 6.15. The lowest BCUT2D eigenvalue weighted by Gasteiger charge is -2.33. The van der Waals surface area contributed by atoms with Gasteiger partial charge in [0.05, 0.1) is 0 Å². The van der Waals surface area contributed by atoms with Gasteiger partial charge in [-0.05, 0) is 44.0 Å². The van der Waals surface area contributed by atoms with Crippen molar-refractivity contribution in [3.63, 3.8) is 0 Å². The fourth-order valence-electron chi connectivity index (χ4n) is 2.98. The fraction of sp³-hybridized carbons (Fsp3) is 0.471. The van der Waals surface area contributed by atoms with Crippen molar-refractivity contribution in [3.8, 4) is 0 Å². The van der Waals surface area contributed by atoms with E-state index in [0.29, 0.717) is 6.04 Å². The van der Waals surface area contributed by atoms with E-state index in [2.05, 4.69) is 39.4 Å². The molecule has 1 fully saturated rings. The number of carbonyl (C=O) groups excluding carboxylic acids is 1. The lowest BCUT2D eigenvalue weighted by Crippen LogP contribution is -2.36. The normalized spacial score (nSPS) is 18.7. The Morgan fingerprint density at radius 1 is 1.30 bits per heavy atom. The lowest BCUT2D eigenvalue weighted by molar-refractivity contribution is -0.116. The lowest BCUT2D eigenvalue weighted by atomic mass is 10.0. The van der Waals surface area contributed by atoms with Gasteiger partial charge in [-0.25, -0.2) is 9.67 Å². The molecule has 6 heteroatoms. The highest BCUT2D eigenvalue weighted by atomic mass is 16.2. The number of nitrogens with zero attached hydrogens (tertiary/aromatic N) is 4. The third kappa shape index (κ3) is 4.39. The number of anilines is 1. The first-order valence-corrected chi connectivity index (χ1v) is 8.16. The van der Waals surface area contributed by atoms with Crippen LogP contribution in [0.4, 0.5) is 5.69 Å². The summed E-state index contributed by atoms with van der Waals surface area (Å²) in [5.74, 6) is -0.104. The van der Waals surface area contributed by atoms with Gasteiger partial charge in [0.2, 0.25) is 5.91 Å². The number of benzene rings is 1. The first-order chi connectivity index (χ1) is 11.2. The average molecular weight is 313 g/mol. The molecular formula is C17H23N5O. The summed E-state index contributed by atoms with van der Waals surface area (Å²) in [6.07, 6.45) is 6.87. The third-order valence-corrected chi connectivity index (χ3v) is 4.34. The predicted molar refractivity (Wildman–Crippen MR) is 88.8 cm³/mol. The Hall–Kier alpha value is -2.21. The second-order valence-corrected chi connectivity index (χ2v) is 6.15. The Morgan fingerprint density at radius 2 is 2.13 bits per heavy atom. The predicted octanol–water partition coefficient (Wildman–Crippen LogP) is 2.29. The molecule has 1 amide bonds. The van der Waals surface area contributed by atoms with E-state index in [0.717, 1.165) is 12.2 Å². The molecule has 1 saturated heterocycles. The Balaban J connectivity index is 1.53. The highest BCUT2D eigenvalue weighted by Crippen LogP contribution is 2.20. The van der Waals surface area contributed by atoms with Crippen molar-refractivity contribution in [2.24, 2.45) is 0 Å². The van der Waals surface area contributed by atoms with E-state index in [1.54, 1.807) is 0 Å². The maximum Gasteiger partial charge on any atom is 0.246 e. The smallest absolute Gasteiger partial charge is 0.246 e. The van der Waals surface area contributed by atoms with Crippen LogP contribution >= 0.6 is 0 Å². The molecule has 0 unspecified atom stereocenters. The molecule has 3 rings (SSSR count). The van der Waals surface area contributed by atoms with Crippen molar-refractivity contribution >= 4 is 11.6 Å². The number of piperidine rings is 1. The molecule has 2 heterocycles. The number of nitrogens with one attached hydrogen (secondary N) is 1. The van der Waals surface area contributed by atoms with E-state index in [9.17, 15) is 4.79 Å². The largest absolute Gasteiger partial charge is 0.324 e. The Morgan fingerprint density at radius 3 is 2.83 bits per heavy atom. The minimum atomic E-state index is -0.104. The average Bonchev–Trinajstić information content (AvgIpc) is 3.04. The van der Waals surface area contributed by atoms with Crippen LogP contribution in [0.25, 0.3) is 0 Å². The van der Waals surface area contributed by atoms with Crippen LogP contribution < -0.4 is 5.32 Å². The number of carbonyl (C=O) groups is 1. The minimum absolute atomic E-state index is 0.104. The Bertz CT molecular complexity index is 623. The summed E-state index contributed by atoms with van der Waals surface area (Å²) in [4.78, 5) is 18.3. The van der Waals surface area contributed by atoms with Crippen molar-refractivity contribution in [2.75, 3.05) is 11.9 Å². The molecule has 122 valence electrons. The summed E-state index contributed by atoms with van der Waals surface area (Å²) >= 11 is 0. The zero-order chi connectivity index (χ0) is 16.1. The van der Waals surface area contributed by atoms with E-state index >= 15 is 0 Å². The van der Waals surface area contributed by atoms with Crippen LogP contribution in [-0.4, -0.2) is 38.2 Å². The van der Waals surface area contributed by atoms with Crippen LogP contribution in [-0.2, 0) is 17.9 Å². The highest BCUT2D eigenvalue weighted by Gasteiger charge is 2.17. The minimum Gasteiger partial charge on any atom is -0.324 e. The zero-order valence-corrected chi connectivity index (χ0v) is 13.5. The van der Waals surface area contributed by atoms with E-state index in [-0.39, 0.29) is 12.5 Å². The van der Waals surface area contributed by atoms with Crippen LogP contribution in [0.5, 0.6) is 0 Å². The van der Waals surface area contributed by atoms with E-state index < -0.39 is 0 Å². The van der Waals surface area contributed by atoms with Gasteiger partial charge in [0.25, 0.3) is 0 Å². The first-order valence-electron chi connectivity index (χ1n) is 8.16. The highest BCUT2D eigenvalue weighted by molar-refractivity contribution is 5.90. The van der Waals surface area contributed by atoms with Gasteiger partial charge in [-0.1, -0.05) is 18.6 Å². The van der Waals surface area contributed by atoms with Gasteiger partial charge in [-0.15, -0.1) is 0 Å². The van der Waals surface area contributed by atoms with Gasteiger partial charge in [0, 0.05) is 18.3 Å². The topological polar surface area (TPSA) is 63.1 Å². The summed E-state index contributed by atoms with van der Waals surface area (Å²) in [5.41, 5.74) is 2.10. The van der Waals surface area contributed by atoms with Crippen LogP contribution in [0.3, 0.4) is 0 Å². The maximum absolute atomic E-state index is 11.9. The number of hydrogen-bond donors (Lipinski definition) is 1. The number of likely N-dealkylation sites (tertiary alicyclic amines) is 1. The molecule has 1 N–H and O–H groups in total. The van der Waals surface area contributed by atoms with Gasteiger partial charge < -0.3 is 5.32 Å². The molecule has 1 atom stereocenters. The second kappa shape index (κ2) is 7.37. The number of hydrogen-bond acceptors (Lipinski definition) is 4. The van der Waals surface area contributed by atoms with Crippen molar-refractivity contribution in [2.45, 2.75) is 45.3 Å². The van der Waals surface area contributed by atoms with Crippen LogP contribution in [0.15, 0.2) is 36.9 Å². The van der Waals surface area contributed by atoms with E-state index in [1.165, 1.54) is 48.7 Å². The first kappa shape index (κ1) is 15.7. The molecule has 1 aromatic carbocycles. The van der Waals surface area contributed by atoms with Gasteiger partial charge >= 0.3 is 0 Å². The molecule has 0 spiro atoms. The molecule has 1 aliphatic heterocycles. The van der Waals surface area contributed by atoms with Gasteiger partial charge in [0.1, 0.15) is 19.2 Å². The van der Waals surface area contributed by atoms with Crippen molar-refractivity contribution in [1.29, 1.82) is 0 Å². The van der Waals surface area contributed by atoms with Crippen molar-refractivity contribution in [3.05, 3.63) is 42.5 Å². The monoisotopic (exact) mass is 313 g/mol. The molecule has 0 bridgehead atoms. The number of aromatic nitrogens is 3. The fourth-order valence-corrected chi connectivity index (χ4v) is 2.98. The summed E-state index contributed by atoms with van der Waals surface area (Å²) in [6.45, 7) is 4.64. The molecule has 6 nitrogen and oxygen atoms in total.